The molecule has 3 aromatic rings. The summed E-state index contributed by atoms with van der Waals surface area (Å²) in [6.07, 6.45) is 0. The summed E-state index contributed by atoms with van der Waals surface area (Å²) in [6.45, 7) is -0.0940. The van der Waals surface area contributed by atoms with E-state index >= 15 is 0 Å². The van der Waals surface area contributed by atoms with Crippen LogP contribution < -0.4 is 4.74 Å². The molecule has 0 saturated carbocycles. The Morgan fingerprint density at radius 2 is 1.76 bits per heavy atom. The van der Waals surface area contributed by atoms with Crippen molar-refractivity contribution in [3.05, 3.63) is 71.8 Å². The first-order chi connectivity index (χ1) is 10.3. The minimum absolute atomic E-state index is 0.0940. The normalized spacial score (nSPS) is 10.3. The zero-order valence-electron chi connectivity index (χ0n) is 11.3. The van der Waals surface area contributed by atoms with Crippen LogP contribution in [0.1, 0.15) is 11.1 Å². The maximum Gasteiger partial charge on any atom is 0.145 e. The van der Waals surface area contributed by atoms with E-state index in [1.165, 1.54) is 0 Å². The molecular weight excluding hydrogens is 262 g/mol. The number of ether oxygens (including phenoxy) is 1. The molecule has 0 aliphatic rings. The van der Waals surface area contributed by atoms with Crippen LogP contribution in [0.5, 0.6) is 11.5 Å². The van der Waals surface area contributed by atoms with Crippen molar-refractivity contribution in [2.75, 3.05) is 0 Å². The molecule has 1 N–H and O–H groups in total. The number of hydrogen-bond donors (Lipinski definition) is 1. The van der Waals surface area contributed by atoms with Crippen LogP contribution in [0.4, 0.5) is 0 Å². The predicted octanol–water partition coefficient (Wildman–Crippen LogP) is 4.00. The average molecular weight is 275 g/mol. The molecule has 0 amide bonds. The highest BCUT2D eigenvalue weighted by atomic mass is 16.5. The SMILES string of the molecule is N#Cc1cc(CO)ccc1Oc1cccc2ccccc12. The Morgan fingerprint density at radius 3 is 2.57 bits per heavy atom. The van der Waals surface area contributed by atoms with Gasteiger partial charge in [0.25, 0.3) is 0 Å². The molecule has 0 radical (unpaired) electrons. The van der Waals surface area contributed by atoms with Gasteiger partial charge in [-0.3, -0.25) is 0 Å². The maximum absolute atomic E-state index is 9.22. The van der Waals surface area contributed by atoms with Crippen molar-refractivity contribution in [2.45, 2.75) is 6.61 Å². The van der Waals surface area contributed by atoms with Gasteiger partial charge in [0.15, 0.2) is 0 Å². The molecule has 0 fully saturated rings. The van der Waals surface area contributed by atoms with Gasteiger partial charge < -0.3 is 9.84 Å². The zero-order chi connectivity index (χ0) is 14.7. The molecule has 3 heteroatoms. The van der Waals surface area contributed by atoms with Gasteiger partial charge in [0.2, 0.25) is 0 Å². The predicted molar refractivity (Wildman–Crippen MR) is 81.1 cm³/mol. The van der Waals surface area contributed by atoms with Crippen LogP contribution >= 0.6 is 0 Å². The maximum atomic E-state index is 9.22. The van der Waals surface area contributed by atoms with Crippen LogP contribution in [-0.4, -0.2) is 5.11 Å². The van der Waals surface area contributed by atoms with E-state index in [9.17, 15) is 5.26 Å². The van der Waals surface area contributed by atoms with Crippen molar-refractivity contribution in [1.29, 1.82) is 5.26 Å². The molecule has 3 aromatic carbocycles. The zero-order valence-corrected chi connectivity index (χ0v) is 11.3. The minimum atomic E-state index is -0.0940. The van der Waals surface area contributed by atoms with Gasteiger partial charge in [-0.2, -0.15) is 5.26 Å². The van der Waals surface area contributed by atoms with E-state index in [2.05, 4.69) is 6.07 Å². The molecule has 0 spiro atoms. The standard InChI is InChI=1S/C18H13NO2/c19-11-15-10-13(12-20)8-9-17(15)21-18-7-3-5-14-4-1-2-6-16(14)18/h1-10,20H,12H2. The number of nitriles is 1. The molecule has 0 saturated heterocycles. The molecule has 0 aliphatic heterocycles. The molecule has 0 bridgehead atoms. The number of fused-ring (bicyclic) bond motifs is 1. The lowest BCUT2D eigenvalue weighted by atomic mass is 10.1. The largest absolute Gasteiger partial charge is 0.455 e. The van der Waals surface area contributed by atoms with Crippen molar-refractivity contribution in [1.82, 2.24) is 0 Å². The Bertz CT molecular complexity index is 829. The average Bonchev–Trinajstić information content (AvgIpc) is 2.55. The Kier molecular flexibility index (Phi) is 3.55. The summed E-state index contributed by atoms with van der Waals surface area (Å²) in [5.74, 6) is 1.20. The van der Waals surface area contributed by atoms with E-state index in [1.54, 1.807) is 18.2 Å². The lowest BCUT2D eigenvalue weighted by Crippen LogP contribution is -1.92. The Labute approximate surface area is 122 Å². The Morgan fingerprint density at radius 1 is 0.952 bits per heavy atom. The first-order valence-corrected chi connectivity index (χ1v) is 6.61. The highest BCUT2D eigenvalue weighted by Gasteiger charge is 2.08. The van der Waals surface area contributed by atoms with Gasteiger partial charge in [-0.05, 0) is 29.1 Å². The van der Waals surface area contributed by atoms with Crippen molar-refractivity contribution >= 4 is 10.8 Å². The monoisotopic (exact) mass is 275 g/mol. The summed E-state index contributed by atoms with van der Waals surface area (Å²) in [4.78, 5) is 0. The molecule has 0 unspecified atom stereocenters. The van der Waals surface area contributed by atoms with Gasteiger partial charge >= 0.3 is 0 Å². The number of nitrogens with zero attached hydrogens (tertiary/aromatic N) is 1. The van der Waals surface area contributed by atoms with Gasteiger partial charge in [0, 0.05) is 5.39 Å². The fraction of sp³-hybridized carbons (Fsp3) is 0.0556. The van der Waals surface area contributed by atoms with Gasteiger partial charge in [-0.25, -0.2) is 0 Å². The van der Waals surface area contributed by atoms with Gasteiger partial charge in [0.1, 0.15) is 17.6 Å². The fourth-order valence-electron chi connectivity index (χ4n) is 2.26. The van der Waals surface area contributed by atoms with Crippen LogP contribution in [0.25, 0.3) is 10.8 Å². The quantitative estimate of drug-likeness (QED) is 0.786. The molecule has 3 nitrogen and oxygen atoms in total. The Hall–Kier alpha value is -2.83. The molecular formula is C18H13NO2. The summed E-state index contributed by atoms with van der Waals surface area (Å²) < 4.78 is 5.91. The van der Waals surface area contributed by atoms with Crippen molar-refractivity contribution in [3.63, 3.8) is 0 Å². The van der Waals surface area contributed by atoms with E-state index in [4.69, 9.17) is 9.84 Å². The lowest BCUT2D eigenvalue weighted by molar-refractivity contribution is 0.281. The van der Waals surface area contributed by atoms with Crippen molar-refractivity contribution in [2.24, 2.45) is 0 Å². The Balaban J connectivity index is 2.05. The first kappa shape index (κ1) is 13.2. The second-order valence-corrected chi connectivity index (χ2v) is 4.68. The van der Waals surface area contributed by atoms with Crippen molar-refractivity contribution < 1.29 is 9.84 Å². The van der Waals surface area contributed by atoms with E-state index < -0.39 is 0 Å². The topological polar surface area (TPSA) is 53.2 Å². The van der Waals surface area contributed by atoms with Crippen LogP contribution in [0.15, 0.2) is 60.7 Å². The van der Waals surface area contributed by atoms with Gasteiger partial charge in [0.05, 0.1) is 12.2 Å². The van der Waals surface area contributed by atoms with E-state index in [1.807, 2.05) is 42.5 Å². The lowest BCUT2D eigenvalue weighted by Gasteiger charge is -2.11. The molecule has 3 rings (SSSR count). The minimum Gasteiger partial charge on any atom is -0.455 e. The van der Waals surface area contributed by atoms with Crippen molar-refractivity contribution in [3.8, 4) is 17.6 Å². The second kappa shape index (κ2) is 5.66. The second-order valence-electron chi connectivity index (χ2n) is 4.68. The summed E-state index contributed by atoms with van der Waals surface area (Å²) in [7, 11) is 0. The summed E-state index contributed by atoms with van der Waals surface area (Å²) in [6, 6.07) is 21.0. The van der Waals surface area contributed by atoms with E-state index in [0.29, 0.717) is 22.6 Å². The van der Waals surface area contributed by atoms with Crippen LogP contribution in [0.3, 0.4) is 0 Å². The molecule has 102 valence electrons. The highest BCUT2D eigenvalue weighted by molar-refractivity contribution is 5.88. The van der Waals surface area contributed by atoms with Gasteiger partial charge in [-0.1, -0.05) is 42.5 Å². The summed E-state index contributed by atoms with van der Waals surface area (Å²) in [5.41, 5.74) is 1.10. The van der Waals surface area contributed by atoms with Gasteiger partial charge in [-0.15, -0.1) is 0 Å². The molecule has 0 aromatic heterocycles. The third kappa shape index (κ3) is 2.58. The molecule has 0 atom stereocenters. The number of benzene rings is 3. The molecule has 0 heterocycles. The number of hydrogen-bond acceptors (Lipinski definition) is 3. The van der Waals surface area contributed by atoms with Crippen LogP contribution in [0, 0.1) is 11.3 Å². The fourth-order valence-corrected chi connectivity index (χ4v) is 2.26. The third-order valence-electron chi connectivity index (χ3n) is 3.32. The number of aliphatic hydroxyl groups excluding tert-OH is 1. The smallest absolute Gasteiger partial charge is 0.145 e. The molecule has 21 heavy (non-hydrogen) atoms. The summed E-state index contributed by atoms with van der Waals surface area (Å²) >= 11 is 0. The van der Waals surface area contributed by atoms with Crippen LogP contribution in [0.2, 0.25) is 0 Å². The molecule has 0 aliphatic carbocycles. The van der Waals surface area contributed by atoms with E-state index in [0.717, 1.165) is 10.8 Å². The highest BCUT2D eigenvalue weighted by Crippen LogP contribution is 2.31. The van der Waals surface area contributed by atoms with E-state index in [-0.39, 0.29) is 6.61 Å². The number of rotatable bonds is 3. The first-order valence-electron chi connectivity index (χ1n) is 6.61. The summed E-state index contributed by atoms with van der Waals surface area (Å²) in [5, 5.41) is 20.4. The number of aliphatic hydroxyl groups is 1. The third-order valence-corrected chi connectivity index (χ3v) is 3.32. The van der Waals surface area contributed by atoms with Crippen LogP contribution in [-0.2, 0) is 6.61 Å².